The highest BCUT2D eigenvalue weighted by Gasteiger charge is 2.26. The number of aliphatic imine (C=N–C) groups is 1. The zero-order chi connectivity index (χ0) is 18.4. The standard InChI is InChI=1S/C18H25N5O2.HI/c1-18(2,3)25-17(24)23-9-7-22(8-10-23)16(20)21-13-15-6-4-5-14(11-15)12-19;/h4-6,11H,7-10,13H2,1-3H3,(H2,20,21);1H. The van der Waals surface area contributed by atoms with Crippen molar-refractivity contribution in [1.82, 2.24) is 9.80 Å². The number of nitrogens with two attached hydrogens (primary N) is 1. The van der Waals surface area contributed by atoms with E-state index in [1.54, 1.807) is 17.0 Å². The first-order valence-corrected chi connectivity index (χ1v) is 8.30. The molecule has 1 aromatic rings. The van der Waals surface area contributed by atoms with Crippen molar-refractivity contribution in [2.75, 3.05) is 26.2 Å². The van der Waals surface area contributed by atoms with Crippen LogP contribution >= 0.6 is 24.0 Å². The minimum absolute atomic E-state index is 0. The summed E-state index contributed by atoms with van der Waals surface area (Å²) < 4.78 is 5.38. The van der Waals surface area contributed by atoms with Crippen LogP contribution in [0.15, 0.2) is 29.3 Å². The number of halogens is 1. The molecular weight excluding hydrogens is 445 g/mol. The topological polar surface area (TPSA) is 94.9 Å². The number of hydrogen-bond acceptors (Lipinski definition) is 4. The number of guanidine groups is 1. The first-order chi connectivity index (χ1) is 11.8. The molecule has 1 aliphatic rings. The Balaban J connectivity index is 0.00000338. The van der Waals surface area contributed by atoms with Gasteiger partial charge in [0.05, 0.1) is 18.2 Å². The van der Waals surface area contributed by atoms with E-state index in [4.69, 9.17) is 15.7 Å². The maximum atomic E-state index is 12.1. The van der Waals surface area contributed by atoms with Gasteiger partial charge in [0, 0.05) is 26.2 Å². The Morgan fingerprint density at radius 1 is 1.27 bits per heavy atom. The lowest BCUT2D eigenvalue weighted by Gasteiger charge is -2.36. The molecule has 1 amide bonds. The maximum absolute atomic E-state index is 12.1. The second-order valence-corrected chi connectivity index (χ2v) is 6.94. The molecule has 8 heteroatoms. The number of benzene rings is 1. The molecule has 1 aromatic carbocycles. The summed E-state index contributed by atoms with van der Waals surface area (Å²) in [6.07, 6.45) is -0.295. The van der Waals surface area contributed by atoms with E-state index in [0.29, 0.717) is 44.2 Å². The molecule has 26 heavy (non-hydrogen) atoms. The monoisotopic (exact) mass is 471 g/mol. The molecule has 1 heterocycles. The van der Waals surface area contributed by atoms with Gasteiger partial charge >= 0.3 is 6.09 Å². The zero-order valence-electron chi connectivity index (χ0n) is 15.4. The Hall–Kier alpha value is -2.02. The largest absolute Gasteiger partial charge is 0.444 e. The third-order valence-corrected chi connectivity index (χ3v) is 3.74. The second-order valence-electron chi connectivity index (χ2n) is 6.94. The van der Waals surface area contributed by atoms with Crippen molar-refractivity contribution in [2.24, 2.45) is 10.7 Å². The fourth-order valence-corrected chi connectivity index (χ4v) is 2.46. The van der Waals surface area contributed by atoms with Crippen LogP contribution in [-0.4, -0.2) is 53.6 Å². The number of piperazine rings is 1. The molecule has 142 valence electrons. The number of nitriles is 1. The third-order valence-electron chi connectivity index (χ3n) is 3.74. The van der Waals surface area contributed by atoms with E-state index >= 15 is 0 Å². The predicted octanol–water partition coefficient (Wildman–Crippen LogP) is 2.54. The van der Waals surface area contributed by atoms with Crippen molar-refractivity contribution in [3.63, 3.8) is 0 Å². The van der Waals surface area contributed by atoms with Gasteiger partial charge in [0.2, 0.25) is 0 Å². The molecule has 0 atom stereocenters. The summed E-state index contributed by atoms with van der Waals surface area (Å²) in [6.45, 7) is 8.32. The summed E-state index contributed by atoms with van der Waals surface area (Å²) in [5.41, 5.74) is 7.12. The highest BCUT2D eigenvalue weighted by molar-refractivity contribution is 14.0. The summed E-state index contributed by atoms with van der Waals surface area (Å²) >= 11 is 0. The Labute approximate surface area is 171 Å². The van der Waals surface area contributed by atoms with Crippen molar-refractivity contribution in [1.29, 1.82) is 5.26 Å². The highest BCUT2D eigenvalue weighted by Crippen LogP contribution is 2.12. The van der Waals surface area contributed by atoms with Gasteiger partial charge < -0.3 is 20.3 Å². The molecule has 0 bridgehead atoms. The van der Waals surface area contributed by atoms with Gasteiger partial charge in [0.15, 0.2) is 5.96 Å². The lowest BCUT2D eigenvalue weighted by atomic mass is 10.1. The van der Waals surface area contributed by atoms with Crippen LogP contribution in [0.5, 0.6) is 0 Å². The Bertz CT molecular complexity index is 686. The number of carbonyl (C=O) groups is 1. The molecule has 7 nitrogen and oxygen atoms in total. The summed E-state index contributed by atoms with van der Waals surface area (Å²) in [7, 11) is 0. The van der Waals surface area contributed by atoms with Gasteiger partial charge in [-0.05, 0) is 38.5 Å². The van der Waals surface area contributed by atoms with Crippen LogP contribution in [-0.2, 0) is 11.3 Å². The smallest absolute Gasteiger partial charge is 0.410 e. The van der Waals surface area contributed by atoms with Crippen molar-refractivity contribution in [3.8, 4) is 6.07 Å². The van der Waals surface area contributed by atoms with Crippen LogP contribution < -0.4 is 5.73 Å². The minimum Gasteiger partial charge on any atom is -0.444 e. The lowest BCUT2D eigenvalue weighted by Crippen LogP contribution is -2.53. The van der Waals surface area contributed by atoms with Gasteiger partial charge in [0.25, 0.3) is 0 Å². The fraction of sp³-hybridized carbons (Fsp3) is 0.500. The highest BCUT2D eigenvalue weighted by atomic mass is 127. The SMILES string of the molecule is CC(C)(C)OC(=O)N1CCN(C(N)=NCc2cccc(C#N)c2)CC1.I. The first kappa shape index (κ1) is 22.0. The van der Waals surface area contributed by atoms with E-state index in [2.05, 4.69) is 11.1 Å². The number of amides is 1. The van der Waals surface area contributed by atoms with Crippen LogP contribution in [0.3, 0.4) is 0 Å². The minimum atomic E-state index is -0.493. The molecule has 2 rings (SSSR count). The van der Waals surface area contributed by atoms with Crippen LogP contribution in [0, 0.1) is 11.3 Å². The average Bonchev–Trinajstić information content (AvgIpc) is 2.58. The molecule has 1 aliphatic heterocycles. The van der Waals surface area contributed by atoms with Gasteiger partial charge in [-0.25, -0.2) is 9.79 Å². The normalized spacial score (nSPS) is 15.1. The fourth-order valence-electron chi connectivity index (χ4n) is 2.46. The molecule has 1 saturated heterocycles. The van der Waals surface area contributed by atoms with E-state index in [1.165, 1.54) is 0 Å². The predicted molar refractivity (Wildman–Crippen MR) is 111 cm³/mol. The van der Waals surface area contributed by atoms with Crippen LogP contribution in [0.25, 0.3) is 0 Å². The quantitative estimate of drug-likeness (QED) is 0.407. The summed E-state index contributed by atoms with van der Waals surface area (Å²) in [5, 5.41) is 8.92. The molecule has 2 N–H and O–H groups in total. The summed E-state index contributed by atoms with van der Waals surface area (Å²) in [4.78, 5) is 20.1. The van der Waals surface area contributed by atoms with Crippen LogP contribution in [0.2, 0.25) is 0 Å². The van der Waals surface area contributed by atoms with Crippen molar-refractivity contribution in [3.05, 3.63) is 35.4 Å². The summed E-state index contributed by atoms with van der Waals surface area (Å²) in [5.74, 6) is 0.450. The van der Waals surface area contributed by atoms with Gasteiger partial charge in [0.1, 0.15) is 5.60 Å². The van der Waals surface area contributed by atoms with Gasteiger partial charge in [-0.15, -0.1) is 24.0 Å². The molecule has 0 aliphatic carbocycles. The van der Waals surface area contributed by atoms with Gasteiger partial charge in [-0.2, -0.15) is 5.26 Å². The lowest BCUT2D eigenvalue weighted by molar-refractivity contribution is 0.0186. The summed E-state index contributed by atoms with van der Waals surface area (Å²) in [6, 6.07) is 9.42. The van der Waals surface area contributed by atoms with E-state index < -0.39 is 5.60 Å². The third kappa shape index (κ3) is 6.71. The Morgan fingerprint density at radius 2 is 1.88 bits per heavy atom. The Morgan fingerprint density at radius 3 is 2.46 bits per heavy atom. The zero-order valence-corrected chi connectivity index (χ0v) is 17.8. The van der Waals surface area contributed by atoms with Crippen molar-refractivity contribution < 1.29 is 9.53 Å². The number of nitrogens with zero attached hydrogens (tertiary/aromatic N) is 4. The van der Waals surface area contributed by atoms with Crippen LogP contribution in [0.4, 0.5) is 4.79 Å². The number of carbonyl (C=O) groups excluding carboxylic acids is 1. The Kier molecular flexibility index (Phi) is 8.14. The molecule has 0 spiro atoms. The van der Waals surface area contributed by atoms with E-state index in [9.17, 15) is 4.79 Å². The number of hydrogen-bond donors (Lipinski definition) is 1. The van der Waals surface area contributed by atoms with Gasteiger partial charge in [-0.1, -0.05) is 12.1 Å². The van der Waals surface area contributed by atoms with E-state index in [-0.39, 0.29) is 30.1 Å². The molecule has 0 saturated carbocycles. The molecule has 0 unspecified atom stereocenters. The maximum Gasteiger partial charge on any atom is 0.410 e. The first-order valence-electron chi connectivity index (χ1n) is 8.30. The molecule has 0 aromatic heterocycles. The molecule has 0 radical (unpaired) electrons. The number of ether oxygens (including phenoxy) is 1. The van der Waals surface area contributed by atoms with Gasteiger partial charge in [-0.3, -0.25) is 0 Å². The number of rotatable bonds is 2. The van der Waals surface area contributed by atoms with Crippen LogP contribution in [0.1, 0.15) is 31.9 Å². The molecular formula is C18H26IN5O2. The second kappa shape index (κ2) is 9.62. The average molecular weight is 471 g/mol. The molecule has 1 fully saturated rings. The van der Waals surface area contributed by atoms with Crippen molar-refractivity contribution >= 4 is 36.0 Å². The van der Waals surface area contributed by atoms with E-state index in [0.717, 1.165) is 5.56 Å². The van der Waals surface area contributed by atoms with Crippen molar-refractivity contribution in [2.45, 2.75) is 32.9 Å². The van der Waals surface area contributed by atoms with E-state index in [1.807, 2.05) is 37.8 Å².